The molecular weight excluding hydrogens is 283 g/mol. The Bertz CT molecular complexity index is 570. The highest BCUT2D eigenvalue weighted by atomic mass is 32.1. The van der Waals surface area contributed by atoms with Gasteiger partial charge in [-0.15, -0.1) is 11.3 Å². The number of nitrogens with two attached hydrogens (primary N) is 1. The van der Waals surface area contributed by atoms with Crippen molar-refractivity contribution in [2.75, 3.05) is 13.1 Å². The highest BCUT2D eigenvalue weighted by Gasteiger charge is 2.25. The predicted octanol–water partition coefficient (Wildman–Crippen LogP) is 3.28. The van der Waals surface area contributed by atoms with Crippen LogP contribution in [0.15, 0.2) is 41.8 Å². The molecule has 3 rings (SSSR count). The number of likely N-dealkylation sites (tertiary alicyclic amines) is 1. The summed E-state index contributed by atoms with van der Waals surface area (Å²) in [7, 11) is 0. The number of hydrogen-bond acceptors (Lipinski definition) is 3. The standard InChI is InChI=1S/C17H21FN2S/c18-17-6-2-1-4-14(17)11-20-10-13(8-15(19)12-20)9-16-5-3-7-21-16/h1-7,13,15H,8-12,19H2. The highest BCUT2D eigenvalue weighted by molar-refractivity contribution is 7.09. The van der Waals surface area contributed by atoms with Gasteiger partial charge in [0.05, 0.1) is 0 Å². The Hall–Kier alpha value is -1.23. The average molecular weight is 304 g/mol. The van der Waals surface area contributed by atoms with Crippen molar-refractivity contribution in [2.24, 2.45) is 11.7 Å². The predicted molar refractivity (Wildman–Crippen MR) is 85.8 cm³/mol. The number of nitrogens with zero attached hydrogens (tertiary/aromatic N) is 1. The summed E-state index contributed by atoms with van der Waals surface area (Å²) in [6, 6.07) is 11.5. The SMILES string of the molecule is NC1CC(Cc2cccs2)CN(Cc2ccccc2F)C1. The van der Waals surface area contributed by atoms with E-state index >= 15 is 0 Å². The third-order valence-corrected chi connectivity index (χ3v) is 4.97. The molecular formula is C17H21FN2S. The van der Waals surface area contributed by atoms with Gasteiger partial charge in [0.15, 0.2) is 0 Å². The Labute approximate surface area is 129 Å². The molecule has 1 aliphatic heterocycles. The Morgan fingerprint density at radius 1 is 1.19 bits per heavy atom. The van der Waals surface area contributed by atoms with Gasteiger partial charge >= 0.3 is 0 Å². The maximum absolute atomic E-state index is 13.8. The molecule has 1 saturated heterocycles. The van der Waals surface area contributed by atoms with Crippen LogP contribution in [0.4, 0.5) is 4.39 Å². The molecule has 1 aromatic heterocycles. The molecule has 4 heteroatoms. The van der Waals surface area contributed by atoms with Crippen LogP contribution >= 0.6 is 11.3 Å². The summed E-state index contributed by atoms with van der Waals surface area (Å²) in [4.78, 5) is 3.71. The Morgan fingerprint density at radius 2 is 2.05 bits per heavy atom. The normalized spacial score (nSPS) is 23.3. The summed E-state index contributed by atoms with van der Waals surface area (Å²) in [5, 5.41) is 2.12. The van der Waals surface area contributed by atoms with Crippen LogP contribution in [0.25, 0.3) is 0 Å². The lowest BCUT2D eigenvalue weighted by Crippen LogP contribution is -2.47. The molecule has 1 aliphatic rings. The minimum atomic E-state index is -0.119. The molecule has 21 heavy (non-hydrogen) atoms. The molecule has 0 amide bonds. The first-order valence-corrected chi connectivity index (χ1v) is 8.32. The van der Waals surface area contributed by atoms with E-state index in [1.807, 2.05) is 12.1 Å². The number of halogens is 1. The largest absolute Gasteiger partial charge is 0.327 e. The third kappa shape index (κ3) is 3.90. The van der Waals surface area contributed by atoms with E-state index in [9.17, 15) is 4.39 Å². The summed E-state index contributed by atoms with van der Waals surface area (Å²) >= 11 is 1.81. The lowest BCUT2D eigenvalue weighted by atomic mass is 9.91. The maximum atomic E-state index is 13.8. The van der Waals surface area contributed by atoms with Crippen LogP contribution in [-0.4, -0.2) is 24.0 Å². The minimum Gasteiger partial charge on any atom is -0.327 e. The van der Waals surface area contributed by atoms with Crippen LogP contribution in [0.2, 0.25) is 0 Å². The minimum absolute atomic E-state index is 0.119. The molecule has 1 fully saturated rings. The van der Waals surface area contributed by atoms with Crippen LogP contribution in [0.5, 0.6) is 0 Å². The van der Waals surface area contributed by atoms with Gasteiger partial charge in [0.25, 0.3) is 0 Å². The molecule has 112 valence electrons. The molecule has 0 spiro atoms. The second kappa shape index (κ2) is 6.69. The van der Waals surface area contributed by atoms with Crippen molar-refractivity contribution >= 4 is 11.3 Å². The van der Waals surface area contributed by atoms with Crippen molar-refractivity contribution in [3.63, 3.8) is 0 Å². The van der Waals surface area contributed by atoms with Gasteiger partial charge in [-0.05, 0) is 36.3 Å². The van der Waals surface area contributed by atoms with Crippen molar-refractivity contribution in [2.45, 2.75) is 25.4 Å². The monoisotopic (exact) mass is 304 g/mol. The van der Waals surface area contributed by atoms with Crippen molar-refractivity contribution in [3.8, 4) is 0 Å². The van der Waals surface area contributed by atoms with Crippen LogP contribution in [0.1, 0.15) is 16.9 Å². The number of benzene rings is 1. The summed E-state index contributed by atoms with van der Waals surface area (Å²) < 4.78 is 13.8. The second-order valence-electron chi connectivity index (χ2n) is 5.93. The average Bonchev–Trinajstić information content (AvgIpc) is 2.93. The van der Waals surface area contributed by atoms with Crippen LogP contribution in [0.3, 0.4) is 0 Å². The van der Waals surface area contributed by atoms with Crippen molar-refractivity contribution < 1.29 is 4.39 Å². The van der Waals surface area contributed by atoms with Gasteiger partial charge in [-0.25, -0.2) is 4.39 Å². The topological polar surface area (TPSA) is 29.3 Å². The first-order valence-electron chi connectivity index (χ1n) is 7.44. The molecule has 0 aliphatic carbocycles. The fraction of sp³-hybridized carbons (Fsp3) is 0.412. The summed E-state index contributed by atoms with van der Waals surface area (Å²) in [5.74, 6) is 0.450. The van der Waals surface area contributed by atoms with E-state index in [0.29, 0.717) is 12.5 Å². The quantitative estimate of drug-likeness (QED) is 0.939. The van der Waals surface area contributed by atoms with Gasteiger partial charge < -0.3 is 5.73 Å². The number of rotatable bonds is 4. The molecule has 2 nitrogen and oxygen atoms in total. The van der Waals surface area contributed by atoms with E-state index in [4.69, 9.17) is 5.73 Å². The molecule has 0 bridgehead atoms. The van der Waals surface area contributed by atoms with Crippen molar-refractivity contribution in [3.05, 3.63) is 58.0 Å². The molecule has 2 N–H and O–H groups in total. The Kier molecular flexibility index (Phi) is 4.68. The van der Waals surface area contributed by atoms with Gasteiger partial charge in [-0.1, -0.05) is 24.3 Å². The highest BCUT2D eigenvalue weighted by Crippen LogP contribution is 2.24. The lowest BCUT2D eigenvalue weighted by molar-refractivity contribution is 0.148. The molecule has 2 aromatic rings. The number of thiophene rings is 1. The Morgan fingerprint density at radius 3 is 2.81 bits per heavy atom. The van der Waals surface area contributed by atoms with E-state index in [0.717, 1.165) is 31.5 Å². The van der Waals surface area contributed by atoms with Crippen molar-refractivity contribution in [1.29, 1.82) is 0 Å². The summed E-state index contributed by atoms with van der Waals surface area (Å²) in [6.07, 6.45) is 2.14. The van der Waals surface area contributed by atoms with Gasteiger partial charge in [0.2, 0.25) is 0 Å². The van der Waals surface area contributed by atoms with Gasteiger partial charge in [-0.2, -0.15) is 0 Å². The number of piperidine rings is 1. The first kappa shape index (κ1) is 14.7. The van der Waals surface area contributed by atoms with Crippen LogP contribution < -0.4 is 5.73 Å². The van der Waals surface area contributed by atoms with Gasteiger partial charge in [0, 0.05) is 36.1 Å². The Balaban J connectivity index is 1.64. The first-order chi connectivity index (χ1) is 10.2. The fourth-order valence-corrected chi connectivity index (χ4v) is 4.03. The lowest BCUT2D eigenvalue weighted by Gasteiger charge is -2.36. The van der Waals surface area contributed by atoms with E-state index in [1.165, 1.54) is 10.9 Å². The zero-order valence-electron chi connectivity index (χ0n) is 12.0. The molecule has 2 heterocycles. The van der Waals surface area contributed by atoms with E-state index < -0.39 is 0 Å². The van der Waals surface area contributed by atoms with E-state index in [1.54, 1.807) is 17.4 Å². The summed E-state index contributed by atoms with van der Waals surface area (Å²) in [6.45, 7) is 2.51. The van der Waals surface area contributed by atoms with Crippen LogP contribution in [0, 0.1) is 11.7 Å². The molecule has 1 aromatic carbocycles. The summed E-state index contributed by atoms with van der Waals surface area (Å²) in [5.41, 5.74) is 6.97. The van der Waals surface area contributed by atoms with Gasteiger partial charge in [-0.3, -0.25) is 4.90 Å². The zero-order valence-corrected chi connectivity index (χ0v) is 12.9. The van der Waals surface area contributed by atoms with E-state index in [2.05, 4.69) is 22.4 Å². The number of hydrogen-bond donors (Lipinski definition) is 1. The maximum Gasteiger partial charge on any atom is 0.127 e. The zero-order chi connectivity index (χ0) is 14.7. The molecule has 2 atom stereocenters. The molecule has 2 unspecified atom stereocenters. The third-order valence-electron chi connectivity index (χ3n) is 4.07. The molecule has 0 saturated carbocycles. The van der Waals surface area contributed by atoms with Gasteiger partial charge in [0.1, 0.15) is 5.82 Å². The van der Waals surface area contributed by atoms with E-state index in [-0.39, 0.29) is 11.9 Å². The smallest absolute Gasteiger partial charge is 0.127 e. The second-order valence-corrected chi connectivity index (χ2v) is 6.96. The van der Waals surface area contributed by atoms with Crippen LogP contribution in [-0.2, 0) is 13.0 Å². The molecule has 0 radical (unpaired) electrons. The fourth-order valence-electron chi connectivity index (χ4n) is 3.21. The van der Waals surface area contributed by atoms with Crippen molar-refractivity contribution in [1.82, 2.24) is 4.90 Å².